The molecule has 5 heteroatoms. The Labute approximate surface area is 303 Å². The van der Waals surface area contributed by atoms with E-state index in [1.807, 2.05) is 24.3 Å². The Bertz CT molecular complexity index is 2390. The highest BCUT2D eigenvalue weighted by molar-refractivity contribution is 5.87. The summed E-state index contributed by atoms with van der Waals surface area (Å²) in [6, 6.07) is 42.0. The highest BCUT2D eigenvalue weighted by atomic mass is 15.0. The first-order chi connectivity index (χ1) is 25.7. The average Bonchev–Trinajstić information content (AvgIpc) is 3.50. The third-order valence-corrected chi connectivity index (χ3v) is 12.7. The van der Waals surface area contributed by atoms with Crippen LogP contribution in [0.25, 0.3) is 67.5 Å². The van der Waals surface area contributed by atoms with Gasteiger partial charge in [-0.05, 0) is 149 Å². The molecule has 12 rings (SSSR count). The van der Waals surface area contributed by atoms with Crippen LogP contribution in [-0.4, -0.2) is 24.9 Å². The molecule has 0 amide bonds. The number of hydrogen-bond acceptors (Lipinski definition) is 5. The number of hydrogen-bond donors (Lipinski definition) is 0. The number of pyridine rings is 2. The molecule has 0 aliphatic heterocycles. The molecule has 0 atom stereocenters. The van der Waals surface area contributed by atoms with Gasteiger partial charge in [-0.3, -0.25) is 9.97 Å². The minimum atomic E-state index is 0.113. The van der Waals surface area contributed by atoms with E-state index in [-0.39, 0.29) is 5.41 Å². The molecular weight excluding hydrogens is 635 g/mol. The monoisotopic (exact) mass is 671 g/mol. The van der Waals surface area contributed by atoms with Crippen LogP contribution in [0.1, 0.15) is 43.2 Å². The SMILES string of the molecule is c1ccc(-c2cc(-c3ccc4c(c3)C3(c5ccccc5-4)C4CC5CC(C4)CC3C5)cc(-c3nc(-c4ccncc4)nc(-c4ccncc4)n3)c2)cc1. The third kappa shape index (κ3) is 4.58. The molecule has 250 valence electrons. The van der Waals surface area contributed by atoms with Gasteiger partial charge < -0.3 is 0 Å². The smallest absolute Gasteiger partial charge is 0.164 e. The van der Waals surface area contributed by atoms with E-state index < -0.39 is 0 Å². The highest BCUT2D eigenvalue weighted by Gasteiger charge is 2.61. The van der Waals surface area contributed by atoms with Crippen LogP contribution in [0.5, 0.6) is 0 Å². The molecular formula is C47H37N5. The Morgan fingerprint density at radius 2 is 0.904 bits per heavy atom. The molecule has 5 aliphatic rings. The molecule has 4 saturated carbocycles. The first-order valence-corrected chi connectivity index (χ1v) is 18.7. The Kier molecular flexibility index (Phi) is 6.67. The van der Waals surface area contributed by atoms with Crippen LogP contribution in [0.15, 0.2) is 140 Å². The number of rotatable bonds is 5. The summed E-state index contributed by atoms with van der Waals surface area (Å²) in [6.07, 6.45) is 14.1. The Morgan fingerprint density at radius 1 is 0.385 bits per heavy atom. The summed E-state index contributed by atoms with van der Waals surface area (Å²) < 4.78 is 0. The fraction of sp³-hybridized carbons (Fsp3) is 0.213. The van der Waals surface area contributed by atoms with Crippen LogP contribution in [0.4, 0.5) is 0 Å². The second kappa shape index (κ2) is 11.6. The van der Waals surface area contributed by atoms with E-state index in [9.17, 15) is 0 Å². The lowest BCUT2D eigenvalue weighted by Gasteiger charge is -2.61. The van der Waals surface area contributed by atoms with Crippen molar-refractivity contribution in [2.24, 2.45) is 23.7 Å². The minimum Gasteiger partial charge on any atom is -0.265 e. The number of benzene rings is 4. The van der Waals surface area contributed by atoms with E-state index in [2.05, 4.69) is 101 Å². The van der Waals surface area contributed by atoms with Crippen LogP contribution < -0.4 is 0 Å². The zero-order valence-electron chi connectivity index (χ0n) is 28.9. The van der Waals surface area contributed by atoms with Crippen molar-refractivity contribution in [3.63, 3.8) is 0 Å². The van der Waals surface area contributed by atoms with Gasteiger partial charge >= 0.3 is 0 Å². The standard InChI is InChI=1S/C47H37N5/c1-2-6-31(7-3-1)35-25-36(27-37(26-35)46-51-44(32-12-16-48-17-13-32)50-45(52-46)33-14-18-49-19-15-33)34-10-11-41-40-8-4-5-9-42(40)47(43(41)28-34)38-21-29-20-30(23-38)24-39(47)22-29/h1-19,25-30,38-39H,20-24H2. The van der Waals surface area contributed by atoms with Crippen molar-refractivity contribution < 1.29 is 0 Å². The molecule has 52 heavy (non-hydrogen) atoms. The molecule has 1 spiro atoms. The molecule has 5 nitrogen and oxygen atoms in total. The summed E-state index contributed by atoms with van der Waals surface area (Å²) in [5, 5.41) is 0. The zero-order chi connectivity index (χ0) is 34.2. The normalized spacial score (nSPS) is 23.5. The van der Waals surface area contributed by atoms with Crippen molar-refractivity contribution in [3.8, 4) is 67.5 Å². The lowest BCUT2D eigenvalue weighted by atomic mass is 9.43. The van der Waals surface area contributed by atoms with Gasteiger partial charge in [0, 0.05) is 46.9 Å². The predicted octanol–water partition coefficient (Wildman–Crippen LogP) is 10.7. The number of fused-ring (bicyclic) bond motifs is 3. The lowest BCUT2D eigenvalue weighted by molar-refractivity contribution is -0.0399. The average molecular weight is 672 g/mol. The number of nitrogens with zero attached hydrogens (tertiary/aromatic N) is 5. The first-order valence-electron chi connectivity index (χ1n) is 18.7. The van der Waals surface area contributed by atoms with Crippen molar-refractivity contribution in [2.75, 3.05) is 0 Å². The van der Waals surface area contributed by atoms with Crippen molar-refractivity contribution >= 4 is 0 Å². The van der Waals surface area contributed by atoms with Crippen molar-refractivity contribution in [1.29, 1.82) is 0 Å². The van der Waals surface area contributed by atoms with Crippen LogP contribution in [0, 0.1) is 23.7 Å². The first kappa shape index (κ1) is 29.9. The van der Waals surface area contributed by atoms with Gasteiger partial charge in [0.25, 0.3) is 0 Å². The molecule has 4 bridgehead atoms. The largest absolute Gasteiger partial charge is 0.265 e. The van der Waals surface area contributed by atoms with Gasteiger partial charge in [0.05, 0.1) is 0 Å². The van der Waals surface area contributed by atoms with E-state index in [1.54, 1.807) is 35.9 Å². The summed E-state index contributed by atoms with van der Waals surface area (Å²) >= 11 is 0. The molecule has 0 saturated heterocycles. The predicted molar refractivity (Wildman–Crippen MR) is 206 cm³/mol. The Hall–Kier alpha value is -5.81. The molecule has 5 aliphatic carbocycles. The maximum atomic E-state index is 5.11. The molecule has 0 N–H and O–H groups in total. The fourth-order valence-corrected chi connectivity index (χ4v) is 10.8. The van der Waals surface area contributed by atoms with Gasteiger partial charge in [-0.2, -0.15) is 0 Å². The van der Waals surface area contributed by atoms with Gasteiger partial charge in [-0.25, -0.2) is 15.0 Å². The maximum Gasteiger partial charge on any atom is 0.164 e. The third-order valence-electron chi connectivity index (χ3n) is 12.7. The quantitative estimate of drug-likeness (QED) is 0.182. The molecule has 3 heterocycles. The Morgan fingerprint density at radius 3 is 1.54 bits per heavy atom. The van der Waals surface area contributed by atoms with E-state index in [0.29, 0.717) is 17.5 Å². The summed E-state index contributed by atoms with van der Waals surface area (Å²) in [4.78, 5) is 23.6. The summed E-state index contributed by atoms with van der Waals surface area (Å²) in [7, 11) is 0. The lowest BCUT2D eigenvalue weighted by Crippen LogP contribution is -2.55. The van der Waals surface area contributed by atoms with Crippen LogP contribution in [0.3, 0.4) is 0 Å². The minimum absolute atomic E-state index is 0.113. The van der Waals surface area contributed by atoms with Gasteiger partial charge in [-0.1, -0.05) is 66.7 Å². The highest BCUT2D eigenvalue weighted by Crippen LogP contribution is 2.69. The van der Waals surface area contributed by atoms with Crippen molar-refractivity contribution in [2.45, 2.75) is 37.5 Å². The molecule has 7 aromatic rings. The summed E-state index contributed by atoms with van der Waals surface area (Å²) in [5.74, 6) is 5.12. The van der Waals surface area contributed by atoms with Gasteiger partial charge in [0.1, 0.15) is 0 Å². The summed E-state index contributed by atoms with van der Waals surface area (Å²) in [5.41, 5.74) is 13.6. The molecule has 0 unspecified atom stereocenters. The zero-order valence-corrected chi connectivity index (χ0v) is 28.9. The van der Waals surface area contributed by atoms with E-state index in [1.165, 1.54) is 54.4 Å². The van der Waals surface area contributed by atoms with Crippen LogP contribution in [-0.2, 0) is 5.41 Å². The second-order valence-corrected chi connectivity index (χ2v) is 15.4. The van der Waals surface area contributed by atoms with Crippen molar-refractivity contribution in [1.82, 2.24) is 24.9 Å². The van der Waals surface area contributed by atoms with E-state index in [4.69, 9.17) is 15.0 Å². The van der Waals surface area contributed by atoms with Gasteiger partial charge in [-0.15, -0.1) is 0 Å². The van der Waals surface area contributed by atoms with Crippen LogP contribution >= 0.6 is 0 Å². The Balaban J connectivity index is 1.11. The van der Waals surface area contributed by atoms with Gasteiger partial charge in [0.15, 0.2) is 17.5 Å². The molecule has 4 aromatic carbocycles. The van der Waals surface area contributed by atoms with E-state index in [0.717, 1.165) is 51.5 Å². The van der Waals surface area contributed by atoms with Crippen molar-refractivity contribution in [3.05, 3.63) is 151 Å². The molecule has 0 radical (unpaired) electrons. The van der Waals surface area contributed by atoms with Gasteiger partial charge in [0.2, 0.25) is 0 Å². The summed E-state index contributed by atoms with van der Waals surface area (Å²) in [6.45, 7) is 0. The topological polar surface area (TPSA) is 64.5 Å². The molecule has 3 aromatic heterocycles. The molecule has 4 fully saturated rings. The number of aromatic nitrogens is 5. The maximum absolute atomic E-state index is 5.11. The van der Waals surface area contributed by atoms with E-state index >= 15 is 0 Å². The fourth-order valence-electron chi connectivity index (χ4n) is 10.8. The van der Waals surface area contributed by atoms with Crippen LogP contribution in [0.2, 0.25) is 0 Å². The second-order valence-electron chi connectivity index (χ2n) is 15.4.